The molecule has 0 aliphatic heterocycles. The number of hydrogen-bond acceptors (Lipinski definition) is 2. The molecule has 0 aromatic heterocycles. The Hall–Kier alpha value is -0.440. The highest BCUT2D eigenvalue weighted by Gasteiger charge is 2.38. The number of hydrogen-bond donors (Lipinski definition) is 1. The third kappa shape index (κ3) is 2.39. The lowest BCUT2D eigenvalue weighted by Gasteiger charge is -2.12. The fourth-order valence-corrected chi connectivity index (χ4v) is 2.06. The Bertz CT molecular complexity index is 388. The Labute approximate surface area is 99.3 Å². The van der Waals surface area contributed by atoms with Crippen molar-refractivity contribution in [3.05, 3.63) is 27.7 Å². The first-order valence-electron chi connectivity index (χ1n) is 4.85. The van der Waals surface area contributed by atoms with Crippen molar-refractivity contribution in [2.75, 3.05) is 7.11 Å². The molecule has 0 atom stereocenters. The summed E-state index contributed by atoms with van der Waals surface area (Å²) < 4.78 is 5.08. The van der Waals surface area contributed by atoms with Crippen molar-refractivity contribution in [1.29, 1.82) is 0 Å². The third-order valence-corrected chi connectivity index (χ3v) is 3.40. The smallest absolute Gasteiger partial charge is 0.138 e. The monoisotopic (exact) mass is 245 g/mol. The summed E-state index contributed by atoms with van der Waals surface area (Å²) in [5.74, 6) is 0.604. The van der Waals surface area contributed by atoms with Crippen molar-refractivity contribution < 1.29 is 4.74 Å². The first-order chi connectivity index (χ1) is 7.04. The predicted molar refractivity (Wildman–Crippen MR) is 62.9 cm³/mol. The molecule has 0 heterocycles. The van der Waals surface area contributed by atoms with Crippen LogP contribution in [0.15, 0.2) is 12.1 Å². The summed E-state index contributed by atoms with van der Waals surface area (Å²) >= 11 is 12.1. The maximum atomic E-state index is 6.12. The second-order valence-corrected chi connectivity index (χ2v) is 4.93. The van der Waals surface area contributed by atoms with Gasteiger partial charge in [0.15, 0.2) is 0 Å². The molecule has 15 heavy (non-hydrogen) atoms. The molecule has 0 radical (unpaired) electrons. The summed E-state index contributed by atoms with van der Waals surface area (Å²) in [5.41, 5.74) is 6.98. The first-order valence-corrected chi connectivity index (χ1v) is 5.60. The maximum absolute atomic E-state index is 6.12. The molecule has 1 saturated carbocycles. The average Bonchev–Trinajstić information content (AvgIpc) is 2.89. The number of ether oxygens (including phenoxy) is 1. The largest absolute Gasteiger partial charge is 0.495 e. The second-order valence-electron chi connectivity index (χ2n) is 4.12. The molecule has 1 aliphatic rings. The molecule has 1 aromatic carbocycles. The molecule has 2 N–H and O–H groups in total. The zero-order valence-corrected chi connectivity index (χ0v) is 10.0. The molecule has 0 spiro atoms. The lowest BCUT2D eigenvalue weighted by Crippen LogP contribution is -2.24. The SMILES string of the molecule is COc1cc(Cl)c(CC2(N)CC2)cc1Cl. The van der Waals surface area contributed by atoms with Gasteiger partial charge < -0.3 is 10.5 Å². The van der Waals surface area contributed by atoms with Gasteiger partial charge in [0.25, 0.3) is 0 Å². The highest BCUT2D eigenvalue weighted by Crippen LogP contribution is 2.39. The van der Waals surface area contributed by atoms with Crippen molar-refractivity contribution in [2.45, 2.75) is 24.8 Å². The maximum Gasteiger partial charge on any atom is 0.138 e. The fourth-order valence-electron chi connectivity index (χ4n) is 1.58. The van der Waals surface area contributed by atoms with Gasteiger partial charge >= 0.3 is 0 Å². The normalized spacial score (nSPS) is 17.6. The number of rotatable bonds is 3. The van der Waals surface area contributed by atoms with Crippen molar-refractivity contribution in [2.24, 2.45) is 5.73 Å². The van der Waals surface area contributed by atoms with Crippen LogP contribution in [0.3, 0.4) is 0 Å². The average molecular weight is 246 g/mol. The van der Waals surface area contributed by atoms with Crippen LogP contribution < -0.4 is 10.5 Å². The zero-order valence-electron chi connectivity index (χ0n) is 8.52. The molecule has 82 valence electrons. The van der Waals surface area contributed by atoms with E-state index in [1.807, 2.05) is 6.07 Å². The number of nitrogens with two attached hydrogens (primary N) is 1. The van der Waals surface area contributed by atoms with E-state index in [2.05, 4.69) is 0 Å². The van der Waals surface area contributed by atoms with Gasteiger partial charge in [0.1, 0.15) is 5.75 Å². The third-order valence-electron chi connectivity index (χ3n) is 2.76. The van der Waals surface area contributed by atoms with Gasteiger partial charge in [-0.05, 0) is 30.9 Å². The Morgan fingerprint density at radius 3 is 2.53 bits per heavy atom. The summed E-state index contributed by atoms with van der Waals surface area (Å²) in [6.07, 6.45) is 2.91. The van der Waals surface area contributed by atoms with E-state index < -0.39 is 0 Å². The Balaban J connectivity index is 2.28. The Morgan fingerprint density at radius 1 is 1.33 bits per heavy atom. The summed E-state index contributed by atoms with van der Waals surface area (Å²) in [4.78, 5) is 0. The summed E-state index contributed by atoms with van der Waals surface area (Å²) in [5, 5.41) is 1.26. The Morgan fingerprint density at radius 2 is 2.00 bits per heavy atom. The Kier molecular flexibility index (Phi) is 2.84. The molecule has 2 rings (SSSR count). The van der Waals surface area contributed by atoms with Gasteiger partial charge in [-0.1, -0.05) is 23.2 Å². The van der Waals surface area contributed by atoms with Crippen molar-refractivity contribution >= 4 is 23.2 Å². The van der Waals surface area contributed by atoms with Gasteiger partial charge in [-0.2, -0.15) is 0 Å². The van der Waals surface area contributed by atoms with Crippen LogP contribution in [0.2, 0.25) is 10.0 Å². The minimum Gasteiger partial charge on any atom is -0.495 e. The van der Waals surface area contributed by atoms with Gasteiger partial charge in [-0.25, -0.2) is 0 Å². The number of methoxy groups -OCH3 is 1. The van der Waals surface area contributed by atoms with Crippen LogP contribution >= 0.6 is 23.2 Å². The van der Waals surface area contributed by atoms with E-state index in [0.717, 1.165) is 24.8 Å². The molecule has 1 aromatic rings. The van der Waals surface area contributed by atoms with Crippen molar-refractivity contribution in [3.8, 4) is 5.75 Å². The highest BCUT2D eigenvalue weighted by atomic mass is 35.5. The van der Waals surface area contributed by atoms with Crippen LogP contribution in [0, 0.1) is 0 Å². The molecule has 0 unspecified atom stereocenters. The molecule has 0 amide bonds. The van der Waals surface area contributed by atoms with E-state index in [9.17, 15) is 0 Å². The van der Waals surface area contributed by atoms with Crippen LogP contribution in [0.25, 0.3) is 0 Å². The molecule has 4 heteroatoms. The van der Waals surface area contributed by atoms with Gasteiger partial charge in [-0.15, -0.1) is 0 Å². The number of benzene rings is 1. The molecular formula is C11H13Cl2NO. The fraction of sp³-hybridized carbons (Fsp3) is 0.455. The van der Waals surface area contributed by atoms with Crippen LogP contribution in [0.1, 0.15) is 18.4 Å². The van der Waals surface area contributed by atoms with Gasteiger partial charge in [-0.3, -0.25) is 0 Å². The highest BCUT2D eigenvalue weighted by molar-refractivity contribution is 6.34. The lowest BCUT2D eigenvalue weighted by molar-refractivity contribution is 0.415. The van der Waals surface area contributed by atoms with Crippen molar-refractivity contribution in [3.63, 3.8) is 0 Å². The molecule has 2 nitrogen and oxygen atoms in total. The second kappa shape index (κ2) is 3.85. The molecule has 1 fully saturated rings. The van der Waals surface area contributed by atoms with E-state index in [1.165, 1.54) is 0 Å². The summed E-state index contributed by atoms with van der Waals surface area (Å²) in [7, 11) is 1.57. The minimum absolute atomic E-state index is 0.0540. The van der Waals surface area contributed by atoms with Gasteiger partial charge in [0.05, 0.1) is 12.1 Å². The standard InChI is InChI=1S/C11H13Cl2NO/c1-15-10-5-8(12)7(4-9(10)13)6-11(14)2-3-11/h4-5H,2-3,6,14H2,1H3. The van der Waals surface area contributed by atoms with E-state index in [-0.39, 0.29) is 5.54 Å². The van der Waals surface area contributed by atoms with Crippen LogP contribution in [-0.2, 0) is 6.42 Å². The number of halogens is 2. The summed E-state index contributed by atoms with van der Waals surface area (Å²) in [6, 6.07) is 3.58. The van der Waals surface area contributed by atoms with Gasteiger partial charge in [0.2, 0.25) is 0 Å². The molecule has 0 bridgehead atoms. The molecule has 0 saturated heterocycles. The zero-order chi connectivity index (χ0) is 11.1. The molecule has 1 aliphatic carbocycles. The topological polar surface area (TPSA) is 35.2 Å². The quantitative estimate of drug-likeness (QED) is 0.889. The van der Waals surface area contributed by atoms with Crippen LogP contribution in [-0.4, -0.2) is 12.6 Å². The van der Waals surface area contributed by atoms with E-state index >= 15 is 0 Å². The van der Waals surface area contributed by atoms with Gasteiger partial charge in [0, 0.05) is 16.6 Å². The first kappa shape index (κ1) is 11.1. The van der Waals surface area contributed by atoms with Crippen LogP contribution in [0.4, 0.5) is 0 Å². The lowest BCUT2D eigenvalue weighted by atomic mass is 10.0. The molecular weight excluding hydrogens is 233 g/mol. The van der Waals surface area contributed by atoms with E-state index in [1.54, 1.807) is 13.2 Å². The van der Waals surface area contributed by atoms with E-state index in [4.69, 9.17) is 33.7 Å². The summed E-state index contributed by atoms with van der Waals surface area (Å²) in [6.45, 7) is 0. The minimum atomic E-state index is -0.0540. The van der Waals surface area contributed by atoms with Crippen molar-refractivity contribution in [1.82, 2.24) is 0 Å². The van der Waals surface area contributed by atoms with E-state index in [0.29, 0.717) is 15.8 Å². The van der Waals surface area contributed by atoms with Crippen LogP contribution in [0.5, 0.6) is 5.75 Å². The predicted octanol–water partition coefficient (Wildman–Crippen LogP) is 3.04.